The summed E-state index contributed by atoms with van der Waals surface area (Å²) < 4.78 is 29.3. The molecule has 1 saturated carbocycles. The van der Waals surface area contributed by atoms with E-state index >= 15 is 0 Å². The smallest absolute Gasteiger partial charge is 0.257 e. The van der Waals surface area contributed by atoms with Crippen LogP contribution in [-0.2, 0) is 0 Å². The molecule has 0 unspecified atom stereocenters. The summed E-state index contributed by atoms with van der Waals surface area (Å²) in [7, 11) is 0. The highest BCUT2D eigenvalue weighted by atomic mass is 19.1. The van der Waals surface area contributed by atoms with Gasteiger partial charge < -0.3 is 20.4 Å². The molecular formula is C22H21F2N5O4. The maximum atomic E-state index is 14.7. The van der Waals surface area contributed by atoms with Crippen LogP contribution in [0.2, 0.25) is 0 Å². The van der Waals surface area contributed by atoms with Gasteiger partial charge in [0, 0.05) is 31.4 Å². The van der Waals surface area contributed by atoms with Gasteiger partial charge in [-0.25, -0.2) is 18.7 Å². The third kappa shape index (κ3) is 3.83. The number of aliphatic hydroxyl groups is 2. The number of anilines is 1. The number of amides is 1. The van der Waals surface area contributed by atoms with Gasteiger partial charge in [0.15, 0.2) is 17.3 Å². The van der Waals surface area contributed by atoms with Crippen molar-refractivity contribution in [3.63, 3.8) is 0 Å². The van der Waals surface area contributed by atoms with Crippen molar-refractivity contribution in [1.29, 1.82) is 0 Å². The third-order valence-electron chi connectivity index (χ3n) is 6.12. The molecule has 3 aromatic heterocycles. The fourth-order valence-corrected chi connectivity index (χ4v) is 4.05. The van der Waals surface area contributed by atoms with Crippen LogP contribution in [0.5, 0.6) is 0 Å². The molecule has 0 bridgehead atoms. The van der Waals surface area contributed by atoms with Crippen molar-refractivity contribution in [3.8, 4) is 5.82 Å². The summed E-state index contributed by atoms with van der Waals surface area (Å²) in [5.41, 5.74) is -0.783. The highest BCUT2D eigenvalue weighted by Crippen LogP contribution is 2.24. The molecule has 1 aliphatic heterocycles. The van der Waals surface area contributed by atoms with Crippen molar-refractivity contribution in [2.45, 2.75) is 37.5 Å². The van der Waals surface area contributed by atoms with E-state index in [1.807, 2.05) is 0 Å². The molecule has 5 rings (SSSR count). The van der Waals surface area contributed by atoms with E-state index in [0.717, 1.165) is 36.2 Å². The average Bonchev–Trinajstić information content (AvgIpc) is 3.09. The molecule has 172 valence electrons. The maximum Gasteiger partial charge on any atom is 0.257 e. The van der Waals surface area contributed by atoms with Crippen molar-refractivity contribution in [1.82, 2.24) is 19.9 Å². The van der Waals surface area contributed by atoms with Crippen molar-refractivity contribution in [2.75, 3.05) is 18.0 Å². The molecule has 2 fully saturated rings. The number of aromatic nitrogens is 3. The second-order valence-electron chi connectivity index (χ2n) is 8.38. The van der Waals surface area contributed by atoms with Crippen molar-refractivity contribution < 1.29 is 23.8 Å². The van der Waals surface area contributed by atoms with Crippen molar-refractivity contribution in [3.05, 3.63) is 58.0 Å². The summed E-state index contributed by atoms with van der Waals surface area (Å²) in [5.74, 6) is -2.45. The van der Waals surface area contributed by atoms with E-state index in [1.54, 1.807) is 4.90 Å². The molecule has 1 aliphatic carbocycles. The van der Waals surface area contributed by atoms with Crippen LogP contribution in [0.4, 0.5) is 14.6 Å². The highest BCUT2D eigenvalue weighted by molar-refractivity contribution is 5.97. The first-order valence-electron chi connectivity index (χ1n) is 10.6. The number of rotatable bonds is 4. The fourth-order valence-electron chi connectivity index (χ4n) is 4.05. The third-order valence-corrected chi connectivity index (χ3v) is 6.12. The molecule has 1 saturated heterocycles. The van der Waals surface area contributed by atoms with Crippen LogP contribution in [0.1, 0.15) is 29.6 Å². The first-order chi connectivity index (χ1) is 15.8. The zero-order valence-electron chi connectivity index (χ0n) is 17.4. The normalized spacial score (nSPS) is 20.8. The Labute approximate surface area is 186 Å². The van der Waals surface area contributed by atoms with Gasteiger partial charge in [0.05, 0.1) is 23.8 Å². The monoisotopic (exact) mass is 457 g/mol. The zero-order valence-corrected chi connectivity index (χ0v) is 17.4. The molecular weight excluding hydrogens is 436 g/mol. The number of hydrogen-bond donors (Lipinski definition) is 3. The summed E-state index contributed by atoms with van der Waals surface area (Å²) >= 11 is 0. The van der Waals surface area contributed by atoms with Crippen molar-refractivity contribution in [2.24, 2.45) is 0 Å². The molecule has 33 heavy (non-hydrogen) atoms. The number of nitrogens with one attached hydrogen (secondary N) is 1. The van der Waals surface area contributed by atoms with Crippen LogP contribution >= 0.6 is 0 Å². The van der Waals surface area contributed by atoms with Gasteiger partial charge in [-0.05, 0) is 31.4 Å². The SMILES string of the molecule is O=C(NC1CCC1)c1cn(-c2ncc(F)cc2F)c2nc(N3C[C@@H](O)[C@H](O)C3)ccc2c1=O. The Hall–Kier alpha value is -3.44. The van der Waals surface area contributed by atoms with E-state index in [4.69, 9.17) is 0 Å². The number of fused-ring (bicyclic) bond motifs is 1. The van der Waals surface area contributed by atoms with Gasteiger partial charge in [-0.3, -0.25) is 14.2 Å². The molecule has 9 nitrogen and oxygen atoms in total. The van der Waals surface area contributed by atoms with Gasteiger partial charge in [-0.2, -0.15) is 0 Å². The number of β-amino-alcohol motifs (C(OH)–C–C–N with tert-alkyl or cyclic N) is 2. The molecule has 0 radical (unpaired) electrons. The molecule has 2 aliphatic rings. The van der Waals surface area contributed by atoms with Gasteiger partial charge in [0.1, 0.15) is 17.2 Å². The second-order valence-corrected chi connectivity index (χ2v) is 8.38. The van der Waals surface area contributed by atoms with Crippen LogP contribution in [-0.4, -0.2) is 62.0 Å². The van der Waals surface area contributed by atoms with Crippen LogP contribution in [0.3, 0.4) is 0 Å². The molecule has 0 spiro atoms. The van der Waals surface area contributed by atoms with E-state index in [1.165, 1.54) is 12.1 Å². The van der Waals surface area contributed by atoms with E-state index in [-0.39, 0.29) is 41.5 Å². The fraction of sp³-hybridized carbons (Fsp3) is 0.364. The predicted octanol–water partition coefficient (Wildman–Crippen LogP) is 0.883. The largest absolute Gasteiger partial charge is 0.389 e. The first kappa shape index (κ1) is 21.4. The van der Waals surface area contributed by atoms with Gasteiger partial charge in [0.25, 0.3) is 5.91 Å². The Morgan fingerprint density at radius 3 is 2.52 bits per heavy atom. The number of nitrogens with zero attached hydrogens (tertiary/aromatic N) is 4. The quantitative estimate of drug-likeness (QED) is 0.532. The Kier molecular flexibility index (Phi) is 5.29. The molecule has 11 heteroatoms. The lowest BCUT2D eigenvalue weighted by Gasteiger charge is -2.26. The average molecular weight is 457 g/mol. The summed E-state index contributed by atoms with van der Waals surface area (Å²) in [6, 6.07) is 3.61. The number of aliphatic hydroxyl groups excluding tert-OH is 2. The lowest BCUT2D eigenvalue weighted by Crippen LogP contribution is -2.41. The topological polar surface area (TPSA) is 121 Å². The van der Waals surface area contributed by atoms with Gasteiger partial charge in [-0.15, -0.1) is 0 Å². The van der Waals surface area contributed by atoms with E-state index in [0.29, 0.717) is 11.9 Å². The van der Waals surface area contributed by atoms with E-state index < -0.39 is 35.2 Å². The van der Waals surface area contributed by atoms with E-state index in [9.17, 15) is 28.6 Å². The molecule has 3 aromatic rings. The number of hydrogen-bond acceptors (Lipinski definition) is 7. The number of pyridine rings is 3. The Balaban J connectivity index is 1.68. The standard InChI is InChI=1S/C22H21F2N5O4/c23-11-6-15(24)21(25-7-11)29-8-14(22(33)26-12-2-1-3-12)19(32)13-4-5-18(27-20(13)29)28-9-16(30)17(31)10-28/h4-8,12,16-17,30-31H,1-3,9-10H2,(H,26,33)/t16-,17-/m1/s1. The Bertz CT molecular complexity index is 1300. The van der Waals surface area contributed by atoms with Gasteiger partial charge in [-0.1, -0.05) is 0 Å². The van der Waals surface area contributed by atoms with Gasteiger partial charge >= 0.3 is 0 Å². The van der Waals surface area contributed by atoms with Crippen molar-refractivity contribution >= 4 is 22.8 Å². The van der Waals surface area contributed by atoms with Crippen LogP contribution in [0.15, 0.2) is 35.4 Å². The number of carbonyl (C=O) groups excluding carboxylic acids is 1. The minimum Gasteiger partial charge on any atom is -0.389 e. The molecule has 0 aromatic carbocycles. The summed E-state index contributed by atoms with van der Waals surface area (Å²) in [6.07, 6.45) is 2.70. The minimum absolute atomic E-state index is 0.00609. The van der Waals surface area contributed by atoms with Crippen LogP contribution in [0, 0.1) is 11.6 Å². The Morgan fingerprint density at radius 1 is 1.15 bits per heavy atom. The maximum absolute atomic E-state index is 14.7. The summed E-state index contributed by atoms with van der Waals surface area (Å²) in [4.78, 5) is 35.8. The highest BCUT2D eigenvalue weighted by Gasteiger charge is 2.31. The number of halogens is 2. The molecule has 1 amide bonds. The van der Waals surface area contributed by atoms with Gasteiger partial charge in [0.2, 0.25) is 5.43 Å². The number of carbonyl (C=O) groups is 1. The molecule has 4 heterocycles. The zero-order chi connectivity index (χ0) is 23.3. The minimum atomic E-state index is -0.996. The molecule has 3 N–H and O–H groups in total. The lowest BCUT2D eigenvalue weighted by molar-refractivity contribution is 0.0572. The summed E-state index contributed by atoms with van der Waals surface area (Å²) in [6.45, 7) is 0.240. The van der Waals surface area contributed by atoms with E-state index in [2.05, 4.69) is 15.3 Å². The first-order valence-corrected chi connectivity index (χ1v) is 10.6. The summed E-state index contributed by atoms with van der Waals surface area (Å²) in [5, 5.41) is 22.6. The lowest BCUT2D eigenvalue weighted by atomic mass is 9.93. The van der Waals surface area contributed by atoms with Crippen LogP contribution in [0.25, 0.3) is 16.9 Å². The predicted molar refractivity (Wildman–Crippen MR) is 114 cm³/mol. The molecule has 2 atom stereocenters. The van der Waals surface area contributed by atoms with Crippen LogP contribution < -0.4 is 15.6 Å². The Morgan fingerprint density at radius 2 is 1.88 bits per heavy atom. The second kappa shape index (κ2) is 8.16.